The zero-order valence-corrected chi connectivity index (χ0v) is 8.93. The van der Waals surface area contributed by atoms with Crippen molar-refractivity contribution < 1.29 is 0 Å². The van der Waals surface area contributed by atoms with E-state index in [-0.39, 0.29) is 6.04 Å². The summed E-state index contributed by atoms with van der Waals surface area (Å²) in [6.45, 7) is 4.00. The second kappa shape index (κ2) is 4.24. The highest BCUT2D eigenvalue weighted by molar-refractivity contribution is 7.09. The molecule has 1 atom stereocenters. The molecular formula is C9H13N3S. The Balaban J connectivity index is 2.78. The molecule has 0 aliphatic heterocycles. The van der Waals surface area contributed by atoms with Crippen LogP contribution in [0.2, 0.25) is 0 Å². The summed E-state index contributed by atoms with van der Waals surface area (Å²) in [6, 6.07) is 0.0673. The Morgan fingerprint density at radius 1 is 1.69 bits per heavy atom. The first kappa shape index (κ1) is 10.0. The third kappa shape index (κ3) is 2.19. The van der Waals surface area contributed by atoms with E-state index >= 15 is 0 Å². The molecule has 1 heterocycles. The molecule has 4 heteroatoms. The molecule has 0 fully saturated rings. The van der Waals surface area contributed by atoms with Gasteiger partial charge < -0.3 is 4.90 Å². The third-order valence-electron chi connectivity index (χ3n) is 1.90. The van der Waals surface area contributed by atoms with Crippen LogP contribution in [0.4, 0.5) is 5.13 Å². The van der Waals surface area contributed by atoms with Gasteiger partial charge in [0, 0.05) is 25.0 Å². The van der Waals surface area contributed by atoms with E-state index in [4.69, 9.17) is 6.42 Å². The molecule has 13 heavy (non-hydrogen) atoms. The average Bonchev–Trinajstić information content (AvgIpc) is 2.63. The van der Waals surface area contributed by atoms with Gasteiger partial charge in [0.25, 0.3) is 0 Å². The highest BCUT2D eigenvalue weighted by Gasteiger charge is 2.11. The number of nitrogens with zero attached hydrogens (tertiary/aromatic N) is 3. The first-order valence-corrected chi connectivity index (χ1v) is 4.98. The Morgan fingerprint density at radius 3 is 2.85 bits per heavy atom. The molecule has 1 aromatic rings. The van der Waals surface area contributed by atoms with Crippen molar-refractivity contribution in [2.45, 2.75) is 26.3 Å². The van der Waals surface area contributed by atoms with Gasteiger partial charge in [0.1, 0.15) is 5.82 Å². The summed E-state index contributed by atoms with van der Waals surface area (Å²) in [7, 11) is 1.94. The number of aromatic nitrogens is 2. The van der Waals surface area contributed by atoms with Crippen LogP contribution in [0, 0.1) is 12.3 Å². The van der Waals surface area contributed by atoms with Gasteiger partial charge in [0.2, 0.25) is 5.13 Å². The maximum Gasteiger partial charge on any atom is 0.205 e. The summed E-state index contributed by atoms with van der Waals surface area (Å²) in [5.41, 5.74) is 0. The fourth-order valence-corrected chi connectivity index (χ4v) is 1.60. The molecule has 0 aliphatic rings. The number of rotatable bonds is 3. The number of terminal acetylenes is 1. The SMILES string of the molecule is C#CC(C)N(C)c1nc(CC)ns1. The second-order valence-electron chi connectivity index (χ2n) is 2.80. The van der Waals surface area contributed by atoms with Gasteiger partial charge in [0.15, 0.2) is 0 Å². The minimum atomic E-state index is 0.0673. The molecule has 0 aliphatic carbocycles. The van der Waals surface area contributed by atoms with Crippen LogP contribution < -0.4 is 4.90 Å². The van der Waals surface area contributed by atoms with E-state index in [1.807, 2.05) is 25.8 Å². The standard InChI is InChI=1S/C9H13N3S/c1-5-7(3)12(4)9-10-8(6-2)11-13-9/h1,7H,6H2,2-4H3. The largest absolute Gasteiger partial charge is 0.336 e. The predicted octanol–water partition coefficient (Wildman–Crippen LogP) is 1.56. The predicted molar refractivity (Wildman–Crippen MR) is 56.0 cm³/mol. The molecule has 0 N–H and O–H groups in total. The van der Waals surface area contributed by atoms with Gasteiger partial charge in [-0.25, -0.2) is 4.98 Å². The molecule has 70 valence electrons. The lowest BCUT2D eigenvalue weighted by Gasteiger charge is -2.18. The van der Waals surface area contributed by atoms with Crippen LogP contribution in [0.1, 0.15) is 19.7 Å². The van der Waals surface area contributed by atoms with Gasteiger partial charge in [-0.3, -0.25) is 0 Å². The summed E-state index contributed by atoms with van der Waals surface area (Å²) in [5, 5.41) is 0.891. The number of aryl methyl sites for hydroxylation is 1. The van der Waals surface area contributed by atoms with Crippen LogP contribution in [0.25, 0.3) is 0 Å². The molecule has 0 saturated carbocycles. The average molecular weight is 195 g/mol. The molecule has 0 radical (unpaired) electrons. The van der Waals surface area contributed by atoms with E-state index in [9.17, 15) is 0 Å². The Morgan fingerprint density at radius 2 is 2.38 bits per heavy atom. The van der Waals surface area contributed by atoms with Crippen LogP contribution in [-0.4, -0.2) is 22.4 Å². The van der Waals surface area contributed by atoms with Crippen molar-refractivity contribution in [1.82, 2.24) is 9.36 Å². The number of hydrogen-bond acceptors (Lipinski definition) is 4. The highest BCUT2D eigenvalue weighted by atomic mass is 32.1. The lowest BCUT2D eigenvalue weighted by Crippen LogP contribution is -2.26. The Bertz CT molecular complexity index is 313. The normalized spacial score (nSPS) is 12.2. The lowest BCUT2D eigenvalue weighted by atomic mass is 10.3. The quantitative estimate of drug-likeness (QED) is 0.685. The number of hydrogen-bond donors (Lipinski definition) is 0. The van der Waals surface area contributed by atoms with Gasteiger partial charge in [-0.1, -0.05) is 12.8 Å². The zero-order chi connectivity index (χ0) is 9.84. The molecule has 0 amide bonds. The zero-order valence-electron chi connectivity index (χ0n) is 8.11. The smallest absolute Gasteiger partial charge is 0.205 e. The Kier molecular flexibility index (Phi) is 3.26. The van der Waals surface area contributed by atoms with Crippen molar-refractivity contribution in [2.75, 3.05) is 11.9 Å². The molecule has 0 spiro atoms. The van der Waals surface area contributed by atoms with Crippen LogP contribution in [0.15, 0.2) is 0 Å². The molecule has 1 aromatic heterocycles. The molecule has 0 bridgehead atoms. The van der Waals surface area contributed by atoms with Crippen molar-refractivity contribution >= 4 is 16.7 Å². The monoisotopic (exact) mass is 195 g/mol. The summed E-state index contributed by atoms with van der Waals surface area (Å²) >= 11 is 1.40. The first-order chi connectivity index (χ1) is 6.19. The Labute approximate surface area is 83.0 Å². The molecule has 3 nitrogen and oxygen atoms in total. The van der Waals surface area contributed by atoms with Crippen LogP contribution in [0.3, 0.4) is 0 Å². The first-order valence-electron chi connectivity index (χ1n) is 4.20. The maximum atomic E-state index is 5.31. The van der Waals surface area contributed by atoms with Crippen LogP contribution >= 0.6 is 11.5 Å². The second-order valence-corrected chi connectivity index (χ2v) is 3.53. The third-order valence-corrected chi connectivity index (χ3v) is 2.74. The van der Waals surface area contributed by atoms with E-state index < -0.39 is 0 Å². The molecule has 1 unspecified atom stereocenters. The summed E-state index contributed by atoms with van der Waals surface area (Å²) in [4.78, 5) is 6.29. The number of anilines is 1. The lowest BCUT2D eigenvalue weighted by molar-refractivity contribution is 0.835. The van der Waals surface area contributed by atoms with Gasteiger partial charge in [-0.05, 0) is 6.92 Å². The van der Waals surface area contributed by atoms with Crippen LogP contribution in [-0.2, 0) is 6.42 Å². The van der Waals surface area contributed by atoms with Crippen molar-refractivity contribution in [3.8, 4) is 12.3 Å². The summed E-state index contributed by atoms with van der Waals surface area (Å²) in [5.74, 6) is 3.54. The van der Waals surface area contributed by atoms with E-state index in [1.54, 1.807) is 0 Å². The molecular weight excluding hydrogens is 182 g/mol. The minimum Gasteiger partial charge on any atom is -0.336 e. The van der Waals surface area contributed by atoms with Crippen molar-refractivity contribution in [2.24, 2.45) is 0 Å². The van der Waals surface area contributed by atoms with E-state index in [1.165, 1.54) is 11.5 Å². The Hall–Kier alpha value is -1.08. The van der Waals surface area contributed by atoms with Gasteiger partial charge >= 0.3 is 0 Å². The fourth-order valence-electron chi connectivity index (χ4n) is 0.809. The fraction of sp³-hybridized carbons (Fsp3) is 0.556. The molecule has 0 saturated heterocycles. The maximum absolute atomic E-state index is 5.31. The minimum absolute atomic E-state index is 0.0673. The topological polar surface area (TPSA) is 29.0 Å². The van der Waals surface area contributed by atoms with Crippen molar-refractivity contribution in [3.63, 3.8) is 0 Å². The van der Waals surface area contributed by atoms with Gasteiger partial charge in [0.05, 0.1) is 6.04 Å². The van der Waals surface area contributed by atoms with Crippen LogP contribution in [0.5, 0.6) is 0 Å². The van der Waals surface area contributed by atoms with E-state index in [2.05, 4.69) is 15.3 Å². The van der Waals surface area contributed by atoms with Crippen molar-refractivity contribution in [1.29, 1.82) is 0 Å². The summed E-state index contributed by atoms with van der Waals surface area (Å²) in [6.07, 6.45) is 6.18. The highest BCUT2D eigenvalue weighted by Crippen LogP contribution is 2.17. The van der Waals surface area contributed by atoms with E-state index in [0.717, 1.165) is 17.4 Å². The van der Waals surface area contributed by atoms with Gasteiger partial charge in [-0.15, -0.1) is 6.42 Å². The molecule has 0 aromatic carbocycles. The van der Waals surface area contributed by atoms with Crippen molar-refractivity contribution in [3.05, 3.63) is 5.82 Å². The van der Waals surface area contributed by atoms with Gasteiger partial charge in [-0.2, -0.15) is 4.37 Å². The molecule has 1 rings (SSSR count). The van der Waals surface area contributed by atoms with E-state index in [0.29, 0.717) is 0 Å². The summed E-state index contributed by atoms with van der Waals surface area (Å²) < 4.78 is 4.19.